The van der Waals surface area contributed by atoms with Gasteiger partial charge in [0.05, 0.1) is 0 Å². The van der Waals surface area contributed by atoms with Crippen LogP contribution in [0.4, 0.5) is 0 Å². The summed E-state index contributed by atoms with van der Waals surface area (Å²) in [5.41, 5.74) is 0.834. The lowest BCUT2D eigenvalue weighted by atomic mass is 9.74. The Hall–Kier alpha value is -0.670. The van der Waals surface area contributed by atoms with E-state index in [9.17, 15) is 4.79 Å². The number of hydrogen-bond donors (Lipinski definition) is 0. The first-order valence-corrected chi connectivity index (χ1v) is 5.78. The summed E-state index contributed by atoms with van der Waals surface area (Å²) in [5.74, 6) is 1.18. The Kier molecular flexibility index (Phi) is 4.69. The SMILES string of the molecule is COC(OC)[C@H]1C=C(C)C(=O)C[C@H]1C(C)C. The molecule has 1 aliphatic rings. The Morgan fingerprint density at radius 3 is 2.31 bits per heavy atom. The third-order valence-corrected chi connectivity index (χ3v) is 3.43. The van der Waals surface area contributed by atoms with E-state index in [-0.39, 0.29) is 18.0 Å². The summed E-state index contributed by atoms with van der Waals surface area (Å²) in [6.07, 6.45) is 2.36. The zero-order chi connectivity index (χ0) is 12.3. The Labute approximate surface area is 97.8 Å². The van der Waals surface area contributed by atoms with Gasteiger partial charge in [0.15, 0.2) is 12.1 Å². The van der Waals surface area contributed by atoms with Gasteiger partial charge in [0, 0.05) is 26.6 Å². The van der Waals surface area contributed by atoms with Crippen LogP contribution in [0.2, 0.25) is 0 Å². The molecule has 0 bridgehead atoms. The highest BCUT2D eigenvalue weighted by molar-refractivity contribution is 5.95. The van der Waals surface area contributed by atoms with E-state index in [0.29, 0.717) is 18.3 Å². The number of allylic oxidation sites excluding steroid dienone is 1. The van der Waals surface area contributed by atoms with Gasteiger partial charge < -0.3 is 9.47 Å². The number of carbonyl (C=O) groups is 1. The minimum Gasteiger partial charge on any atom is -0.355 e. The second-order valence-corrected chi connectivity index (χ2v) is 4.80. The standard InChI is InChI=1S/C13H22O3/c1-8(2)10-7-12(14)9(3)6-11(10)13(15-4)16-5/h6,8,10-11,13H,7H2,1-5H3/t10-,11-/m0/s1. The molecule has 0 saturated heterocycles. The molecule has 0 aliphatic heterocycles. The fourth-order valence-corrected chi connectivity index (χ4v) is 2.39. The van der Waals surface area contributed by atoms with Crippen LogP contribution in [0.15, 0.2) is 11.6 Å². The van der Waals surface area contributed by atoms with E-state index in [1.54, 1.807) is 14.2 Å². The topological polar surface area (TPSA) is 35.5 Å². The zero-order valence-electron chi connectivity index (χ0n) is 10.8. The molecule has 0 spiro atoms. The summed E-state index contributed by atoms with van der Waals surface area (Å²) in [7, 11) is 3.29. The summed E-state index contributed by atoms with van der Waals surface area (Å²) in [6.45, 7) is 6.15. The Balaban J connectivity index is 2.95. The number of carbonyl (C=O) groups excluding carboxylic acids is 1. The van der Waals surface area contributed by atoms with Gasteiger partial charge in [-0.05, 0) is 24.3 Å². The molecule has 1 aliphatic carbocycles. The van der Waals surface area contributed by atoms with Crippen molar-refractivity contribution in [2.45, 2.75) is 33.5 Å². The minimum atomic E-state index is -0.254. The van der Waals surface area contributed by atoms with Crippen LogP contribution >= 0.6 is 0 Å². The predicted octanol–water partition coefficient (Wildman–Crippen LogP) is 2.41. The third kappa shape index (κ3) is 2.71. The largest absolute Gasteiger partial charge is 0.355 e. The summed E-state index contributed by atoms with van der Waals surface area (Å²) < 4.78 is 10.6. The van der Waals surface area contributed by atoms with Crippen molar-refractivity contribution in [3.05, 3.63) is 11.6 Å². The minimum absolute atomic E-state index is 0.174. The molecule has 16 heavy (non-hydrogen) atoms. The molecule has 0 heterocycles. The van der Waals surface area contributed by atoms with Crippen molar-refractivity contribution < 1.29 is 14.3 Å². The number of hydrogen-bond acceptors (Lipinski definition) is 3. The molecule has 0 aromatic carbocycles. The first-order chi connectivity index (χ1) is 7.51. The van der Waals surface area contributed by atoms with Crippen molar-refractivity contribution in [2.75, 3.05) is 14.2 Å². The quantitative estimate of drug-likeness (QED) is 0.691. The molecule has 3 nitrogen and oxygen atoms in total. The van der Waals surface area contributed by atoms with Gasteiger partial charge in [0.25, 0.3) is 0 Å². The van der Waals surface area contributed by atoms with Gasteiger partial charge in [-0.15, -0.1) is 0 Å². The molecule has 0 amide bonds. The van der Waals surface area contributed by atoms with Crippen molar-refractivity contribution in [1.82, 2.24) is 0 Å². The predicted molar refractivity (Wildman–Crippen MR) is 63.0 cm³/mol. The molecule has 3 heteroatoms. The van der Waals surface area contributed by atoms with E-state index >= 15 is 0 Å². The average molecular weight is 226 g/mol. The van der Waals surface area contributed by atoms with Gasteiger partial charge in [-0.2, -0.15) is 0 Å². The van der Waals surface area contributed by atoms with Crippen LogP contribution in [-0.4, -0.2) is 26.3 Å². The maximum absolute atomic E-state index is 11.7. The molecular formula is C13H22O3. The monoisotopic (exact) mass is 226 g/mol. The van der Waals surface area contributed by atoms with Crippen molar-refractivity contribution in [3.8, 4) is 0 Å². The van der Waals surface area contributed by atoms with E-state index in [2.05, 4.69) is 13.8 Å². The van der Waals surface area contributed by atoms with Gasteiger partial charge >= 0.3 is 0 Å². The molecule has 0 unspecified atom stereocenters. The average Bonchev–Trinajstić information content (AvgIpc) is 2.24. The molecule has 1 rings (SSSR count). The van der Waals surface area contributed by atoms with E-state index in [1.165, 1.54) is 0 Å². The lowest BCUT2D eigenvalue weighted by Gasteiger charge is -2.35. The summed E-state index contributed by atoms with van der Waals surface area (Å²) in [6, 6.07) is 0. The molecule has 0 radical (unpaired) electrons. The van der Waals surface area contributed by atoms with Gasteiger partial charge in [0.1, 0.15) is 0 Å². The summed E-state index contributed by atoms with van der Waals surface area (Å²) in [4.78, 5) is 11.7. The molecule has 2 atom stereocenters. The second kappa shape index (κ2) is 5.60. The highest BCUT2D eigenvalue weighted by atomic mass is 16.7. The van der Waals surface area contributed by atoms with Crippen molar-refractivity contribution >= 4 is 5.78 Å². The van der Waals surface area contributed by atoms with Gasteiger partial charge in [-0.25, -0.2) is 0 Å². The third-order valence-electron chi connectivity index (χ3n) is 3.43. The fourth-order valence-electron chi connectivity index (χ4n) is 2.39. The van der Waals surface area contributed by atoms with Crippen molar-refractivity contribution in [1.29, 1.82) is 0 Å². The molecule has 0 aromatic rings. The lowest BCUT2D eigenvalue weighted by Crippen LogP contribution is -2.36. The van der Waals surface area contributed by atoms with E-state index in [4.69, 9.17) is 9.47 Å². The van der Waals surface area contributed by atoms with E-state index in [0.717, 1.165) is 5.57 Å². The summed E-state index contributed by atoms with van der Waals surface area (Å²) in [5, 5.41) is 0. The number of rotatable bonds is 4. The van der Waals surface area contributed by atoms with Crippen LogP contribution in [0, 0.1) is 17.8 Å². The van der Waals surface area contributed by atoms with Crippen LogP contribution in [-0.2, 0) is 14.3 Å². The number of ketones is 1. The smallest absolute Gasteiger partial charge is 0.163 e. The van der Waals surface area contributed by atoms with Gasteiger partial charge in [-0.1, -0.05) is 19.9 Å². The van der Waals surface area contributed by atoms with E-state index < -0.39 is 0 Å². The van der Waals surface area contributed by atoms with E-state index in [1.807, 2.05) is 13.0 Å². The van der Waals surface area contributed by atoms with Crippen LogP contribution in [0.3, 0.4) is 0 Å². The first kappa shape index (κ1) is 13.4. The zero-order valence-corrected chi connectivity index (χ0v) is 10.8. The number of ether oxygens (including phenoxy) is 2. The van der Waals surface area contributed by atoms with Crippen LogP contribution in [0.25, 0.3) is 0 Å². The lowest BCUT2D eigenvalue weighted by molar-refractivity contribution is -0.146. The Morgan fingerprint density at radius 2 is 1.88 bits per heavy atom. The van der Waals surface area contributed by atoms with Crippen LogP contribution in [0.1, 0.15) is 27.2 Å². The van der Waals surface area contributed by atoms with Crippen LogP contribution in [0.5, 0.6) is 0 Å². The molecule has 0 saturated carbocycles. The Morgan fingerprint density at radius 1 is 1.31 bits per heavy atom. The van der Waals surface area contributed by atoms with Gasteiger partial charge in [-0.3, -0.25) is 4.79 Å². The Bertz CT molecular complexity index is 277. The second-order valence-electron chi connectivity index (χ2n) is 4.80. The molecular weight excluding hydrogens is 204 g/mol. The molecule has 92 valence electrons. The summed E-state index contributed by atoms with van der Waals surface area (Å²) >= 11 is 0. The first-order valence-electron chi connectivity index (χ1n) is 5.78. The fraction of sp³-hybridized carbons (Fsp3) is 0.769. The number of Topliss-reactive ketones (excluding diaryl/α,β-unsaturated/α-hetero) is 1. The normalized spacial score (nSPS) is 26.4. The van der Waals surface area contributed by atoms with Crippen LogP contribution < -0.4 is 0 Å². The molecule has 0 fully saturated rings. The molecule has 0 aromatic heterocycles. The highest BCUT2D eigenvalue weighted by Crippen LogP contribution is 2.35. The highest BCUT2D eigenvalue weighted by Gasteiger charge is 2.35. The number of methoxy groups -OCH3 is 2. The molecule has 0 N–H and O–H groups in total. The van der Waals surface area contributed by atoms with Crippen molar-refractivity contribution in [2.24, 2.45) is 17.8 Å². The maximum atomic E-state index is 11.7. The van der Waals surface area contributed by atoms with Gasteiger partial charge in [0.2, 0.25) is 0 Å². The van der Waals surface area contributed by atoms with Crippen molar-refractivity contribution in [3.63, 3.8) is 0 Å². The maximum Gasteiger partial charge on any atom is 0.163 e.